The molecule has 0 aliphatic carbocycles. The van der Waals surface area contributed by atoms with Crippen LogP contribution in [-0.2, 0) is 9.59 Å². The first kappa shape index (κ1) is 22.3. The van der Waals surface area contributed by atoms with Crippen LogP contribution in [-0.4, -0.2) is 60.1 Å². The van der Waals surface area contributed by atoms with Crippen LogP contribution in [0.15, 0.2) is 47.4 Å². The van der Waals surface area contributed by atoms with Gasteiger partial charge in [0, 0.05) is 48.9 Å². The minimum absolute atomic E-state index is 0.0338. The highest BCUT2D eigenvalue weighted by atomic mass is 32.2. The van der Waals surface area contributed by atoms with Crippen LogP contribution in [0.3, 0.4) is 0 Å². The van der Waals surface area contributed by atoms with Crippen LogP contribution in [0.5, 0.6) is 0 Å². The van der Waals surface area contributed by atoms with Gasteiger partial charge >= 0.3 is 0 Å². The van der Waals surface area contributed by atoms with E-state index in [0.717, 1.165) is 16.8 Å². The number of carbonyl (C=O) groups excluding carboxylic acids is 2. The van der Waals surface area contributed by atoms with Crippen LogP contribution in [0.2, 0.25) is 0 Å². The van der Waals surface area contributed by atoms with E-state index in [9.17, 15) is 14.0 Å². The fourth-order valence-corrected chi connectivity index (χ4v) is 4.39. The standard InChI is InChI=1S/C23H28FN3O2S/c1-17-6-5-7-18(2)23(17)25-21(28)16-26-11-13-27(14-12-26)22(29)10-15-30-20-9-4-3-8-19(20)24/h3-9H,10-16H2,1-2H3,(H,25,28). The van der Waals surface area contributed by atoms with Crippen molar-refractivity contribution in [2.24, 2.45) is 0 Å². The van der Waals surface area contributed by atoms with Gasteiger partial charge in [0.2, 0.25) is 11.8 Å². The Labute approximate surface area is 181 Å². The van der Waals surface area contributed by atoms with Gasteiger partial charge in [0.05, 0.1) is 6.54 Å². The minimum Gasteiger partial charge on any atom is -0.340 e. The van der Waals surface area contributed by atoms with Crippen molar-refractivity contribution in [1.29, 1.82) is 0 Å². The smallest absolute Gasteiger partial charge is 0.238 e. The van der Waals surface area contributed by atoms with E-state index in [0.29, 0.717) is 49.8 Å². The van der Waals surface area contributed by atoms with Gasteiger partial charge in [-0.3, -0.25) is 14.5 Å². The molecule has 1 aliphatic rings. The second-order valence-corrected chi connectivity index (χ2v) is 8.64. The molecule has 2 aromatic carbocycles. The van der Waals surface area contributed by atoms with Gasteiger partial charge in [0.15, 0.2) is 0 Å². The number of nitrogens with one attached hydrogen (secondary N) is 1. The third-order valence-corrected chi connectivity index (χ3v) is 6.30. The van der Waals surface area contributed by atoms with E-state index in [1.165, 1.54) is 17.8 Å². The number of thioether (sulfide) groups is 1. The first-order chi connectivity index (χ1) is 14.4. The monoisotopic (exact) mass is 429 g/mol. The van der Waals surface area contributed by atoms with Crippen molar-refractivity contribution in [2.45, 2.75) is 25.2 Å². The number of anilines is 1. The second kappa shape index (κ2) is 10.6. The number of amides is 2. The third-order valence-electron chi connectivity index (χ3n) is 5.25. The number of halogens is 1. The lowest BCUT2D eigenvalue weighted by Gasteiger charge is -2.34. The van der Waals surface area contributed by atoms with Crippen molar-refractivity contribution in [3.05, 3.63) is 59.4 Å². The number of piperazine rings is 1. The molecule has 0 unspecified atom stereocenters. The number of hydrogen-bond donors (Lipinski definition) is 1. The SMILES string of the molecule is Cc1cccc(C)c1NC(=O)CN1CCN(C(=O)CCSc2ccccc2F)CC1. The zero-order chi connectivity index (χ0) is 21.5. The van der Waals surface area contributed by atoms with Gasteiger partial charge in [-0.05, 0) is 37.1 Å². The average Bonchev–Trinajstić information content (AvgIpc) is 2.73. The van der Waals surface area contributed by atoms with Gasteiger partial charge in [0.1, 0.15) is 5.82 Å². The van der Waals surface area contributed by atoms with Gasteiger partial charge in [-0.25, -0.2) is 4.39 Å². The highest BCUT2D eigenvalue weighted by molar-refractivity contribution is 7.99. The summed E-state index contributed by atoms with van der Waals surface area (Å²) in [6, 6.07) is 12.6. The molecule has 160 valence electrons. The van der Waals surface area contributed by atoms with Crippen molar-refractivity contribution in [3.63, 3.8) is 0 Å². The summed E-state index contributed by atoms with van der Waals surface area (Å²) in [6.45, 7) is 6.85. The first-order valence-corrected chi connectivity index (χ1v) is 11.2. The second-order valence-electron chi connectivity index (χ2n) is 7.50. The van der Waals surface area contributed by atoms with Crippen LogP contribution < -0.4 is 5.32 Å². The van der Waals surface area contributed by atoms with Crippen molar-refractivity contribution in [2.75, 3.05) is 43.8 Å². The normalized spacial score (nSPS) is 14.6. The summed E-state index contributed by atoms with van der Waals surface area (Å²) >= 11 is 1.37. The zero-order valence-corrected chi connectivity index (χ0v) is 18.3. The van der Waals surface area contributed by atoms with E-state index in [2.05, 4.69) is 10.2 Å². The molecule has 30 heavy (non-hydrogen) atoms. The summed E-state index contributed by atoms with van der Waals surface area (Å²) in [4.78, 5) is 29.4. The molecule has 1 heterocycles. The van der Waals surface area contributed by atoms with Crippen molar-refractivity contribution < 1.29 is 14.0 Å². The quantitative estimate of drug-likeness (QED) is 0.682. The lowest BCUT2D eigenvalue weighted by molar-refractivity contribution is -0.132. The largest absolute Gasteiger partial charge is 0.340 e. The molecule has 1 aliphatic heterocycles. The Hall–Kier alpha value is -2.38. The van der Waals surface area contributed by atoms with Gasteiger partial charge in [-0.1, -0.05) is 30.3 Å². The number of para-hydroxylation sites is 1. The predicted octanol–water partition coefficient (Wildman–Crippen LogP) is 3.71. The van der Waals surface area contributed by atoms with Crippen LogP contribution in [0.25, 0.3) is 0 Å². The van der Waals surface area contributed by atoms with E-state index in [1.54, 1.807) is 18.2 Å². The zero-order valence-electron chi connectivity index (χ0n) is 17.5. The lowest BCUT2D eigenvalue weighted by Crippen LogP contribution is -2.50. The average molecular weight is 430 g/mol. The summed E-state index contributed by atoms with van der Waals surface area (Å²) in [5.74, 6) is 0.354. The maximum absolute atomic E-state index is 13.6. The Morgan fingerprint density at radius 1 is 1.00 bits per heavy atom. The summed E-state index contributed by atoms with van der Waals surface area (Å²) in [5, 5.41) is 3.01. The Balaban J connectivity index is 1.39. The molecule has 1 saturated heterocycles. The molecule has 2 aromatic rings. The molecule has 0 aromatic heterocycles. The van der Waals surface area contributed by atoms with E-state index in [1.807, 2.05) is 36.9 Å². The van der Waals surface area contributed by atoms with E-state index < -0.39 is 0 Å². The van der Waals surface area contributed by atoms with Crippen molar-refractivity contribution >= 4 is 29.3 Å². The van der Waals surface area contributed by atoms with E-state index in [4.69, 9.17) is 0 Å². The molecular weight excluding hydrogens is 401 g/mol. The number of hydrogen-bond acceptors (Lipinski definition) is 4. The number of rotatable bonds is 7. The Kier molecular flexibility index (Phi) is 7.87. The van der Waals surface area contributed by atoms with Crippen LogP contribution in [0.4, 0.5) is 10.1 Å². The Morgan fingerprint density at radius 3 is 2.33 bits per heavy atom. The molecule has 0 atom stereocenters. The highest BCUT2D eigenvalue weighted by Gasteiger charge is 2.22. The van der Waals surface area contributed by atoms with Crippen molar-refractivity contribution in [1.82, 2.24) is 9.80 Å². The minimum atomic E-state index is -0.247. The molecular formula is C23H28FN3O2S. The fourth-order valence-electron chi connectivity index (χ4n) is 3.52. The lowest BCUT2D eigenvalue weighted by atomic mass is 10.1. The van der Waals surface area contributed by atoms with E-state index >= 15 is 0 Å². The maximum Gasteiger partial charge on any atom is 0.238 e. The topological polar surface area (TPSA) is 52.7 Å². The molecule has 0 bridgehead atoms. The summed E-state index contributed by atoms with van der Waals surface area (Å²) in [5.41, 5.74) is 2.97. The molecule has 2 amide bonds. The molecule has 0 saturated carbocycles. The molecule has 0 radical (unpaired) electrons. The Morgan fingerprint density at radius 2 is 1.67 bits per heavy atom. The third kappa shape index (κ3) is 6.06. The molecule has 0 spiro atoms. The van der Waals surface area contributed by atoms with Gasteiger partial charge in [-0.2, -0.15) is 0 Å². The summed E-state index contributed by atoms with van der Waals surface area (Å²) in [6.07, 6.45) is 0.381. The molecule has 7 heteroatoms. The van der Waals surface area contributed by atoms with Crippen LogP contribution >= 0.6 is 11.8 Å². The van der Waals surface area contributed by atoms with Gasteiger partial charge in [0.25, 0.3) is 0 Å². The number of aryl methyl sites for hydroxylation is 2. The maximum atomic E-state index is 13.6. The Bertz CT molecular complexity index is 878. The molecule has 1 fully saturated rings. The van der Waals surface area contributed by atoms with Gasteiger partial charge < -0.3 is 10.2 Å². The summed E-state index contributed by atoms with van der Waals surface area (Å²) < 4.78 is 13.6. The van der Waals surface area contributed by atoms with E-state index in [-0.39, 0.29) is 17.6 Å². The predicted molar refractivity (Wildman–Crippen MR) is 119 cm³/mol. The fraction of sp³-hybridized carbons (Fsp3) is 0.391. The number of carbonyl (C=O) groups is 2. The highest BCUT2D eigenvalue weighted by Crippen LogP contribution is 2.22. The molecule has 3 rings (SSSR count). The number of benzene rings is 2. The summed E-state index contributed by atoms with van der Waals surface area (Å²) in [7, 11) is 0. The molecule has 5 nitrogen and oxygen atoms in total. The first-order valence-electron chi connectivity index (χ1n) is 10.2. The van der Waals surface area contributed by atoms with Gasteiger partial charge in [-0.15, -0.1) is 11.8 Å². The number of nitrogens with zero attached hydrogens (tertiary/aromatic N) is 2. The molecule has 1 N–H and O–H groups in total. The van der Waals surface area contributed by atoms with Crippen molar-refractivity contribution in [3.8, 4) is 0 Å². The van der Waals surface area contributed by atoms with Crippen LogP contribution in [0, 0.1) is 19.7 Å². The van der Waals surface area contributed by atoms with Crippen LogP contribution in [0.1, 0.15) is 17.5 Å².